The molecule has 0 bridgehead atoms. The summed E-state index contributed by atoms with van der Waals surface area (Å²) in [5.41, 5.74) is 2.12. The Kier molecular flexibility index (Phi) is 5.03. The summed E-state index contributed by atoms with van der Waals surface area (Å²) in [6.07, 6.45) is 1.99. The van der Waals surface area contributed by atoms with Crippen LogP contribution in [-0.4, -0.2) is 31.3 Å². The Morgan fingerprint density at radius 1 is 1.16 bits per heavy atom. The molecule has 2 aromatic carbocycles. The maximum Gasteiger partial charge on any atom is 0.356 e. The van der Waals surface area contributed by atoms with Crippen LogP contribution in [0.3, 0.4) is 0 Å². The van der Waals surface area contributed by atoms with Crippen molar-refractivity contribution in [3.63, 3.8) is 0 Å². The Bertz CT molecular complexity index is 935. The topological polar surface area (TPSA) is 98.2 Å². The minimum atomic E-state index is -1.57. The summed E-state index contributed by atoms with van der Waals surface area (Å²) in [5, 5.41) is 18.8. The number of aromatic carboxylic acids is 1. The number of thioether (sulfide) groups is 1. The second kappa shape index (κ2) is 7.22. The normalized spacial score (nSPS) is 12.1. The zero-order chi connectivity index (χ0) is 18.0. The van der Waals surface area contributed by atoms with E-state index in [0.717, 1.165) is 10.5 Å². The van der Waals surface area contributed by atoms with E-state index < -0.39 is 17.0 Å². The van der Waals surface area contributed by atoms with Gasteiger partial charge in [-0.05, 0) is 48.7 Å². The number of benzene rings is 2. The molecule has 0 saturated heterocycles. The molecule has 0 aliphatic carbocycles. The molecule has 3 aromatic rings. The summed E-state index contributed by atoms with van der Waals surface area (Å²) in [6.45, 7) is 0. The van der Waals surface area contributed by atoms with Crippen LogP contribution >= 0.6 is 11.8 Å². The van der Waals surface area contributed by atoms with Crippen LogP contribution in [0.15, 0.2) is 64.4 Å². The van der Waals surface area contributed by atoms with Crippen LogP contribution in [0, 0.1) is 0 Å². The highest BCUT2D eigenvalue weighted by atomic mass is 32.2. The van der Waals surface area contributed by atoms with E-state index in [1.54, 1.807) is 40.7 Å². The first-order valence-corrected chi connectivity index (χ1v) is 9.68. The lowest BCUT2D eigenvalue weighted by molar-refractivity contribution is 0.0690. The van der Waals surface area contributed by atoms with Gasteiger partial charge >= 0.3 is 5.97 Å². The molecule has 0 aliphatic rings. The number of hydrogen-bond donors (Lipinski definition) is 2. The largest absolute Gasteiger partial charge is 0.476 e. The van der Waals surface area contributed by atoms with Crippen molar-refractivity contribution in [2.45, 2.75) is 9.79 Å². The summed E-state index contributed by atoms with van der Waals surface area (Å²) in [6, 6.07) is 16.0. The summed E-state index contributed by atoms with van der Waals surface area (Å²) in [7, 11) is -1.57. The molecule has 3 rings (SSSR count). The molecule has 0 saturated carbocycles. The van der Waals surface area contributed by atoms with Crippen LogP contribution in [0.1, 0.15) is 10.5 Å². The van der Waals surface area contributed by atoms with Crippen molar-refractivity contribution in [2.75, 3.05) is 6.26 Å². The average Bonchev–Trinajstić information content (AvgIpc) is 3.07. The predicted octanol–water partition coefficient (Wildman–Crippen LogP) is 2.94. The highest BCUT2D eigenvalue weighted by Gasteiger charge is 2.16. The van der Waals surface area contributed by atoms with Crippen LogP contribution in [0.4, 0.5) is 0 Å². The van der Waals surface area contributed by atoms with E-state index in [0.29, 0.717) is 16.3 Å². The van der Waals surface area contributed by atoms with Crippen molar-refractivity contribution < 1.29 is 14.1 Å². The molecule has 6 nitrogen and oxygen atoms in total. The maximum absolute atomic E-state index is 11.3. The Balaban J connectivity index is 2.11. The van der Waals surface area contributed by atoms with Gasteiger partial charge in [0.2, 0.25) is 0 Å². The quantitative estimate of drug-likeness (QED) is 0.670. The van der Waals surface area contributed by atoms with Gasteiger partial charge in [0.25, 0.3) is 0 Å². The number of carboxylic acid groups (broad SMARTS) is 1. The lowest BCUT2D eigenvalue weighted by Gasteiger charge is -2.08. The molecule has 0 spiro atoms. The van der Waals surface area contributed by atoms with Crippen molar-refractivity contribution in [2.24, 2.45) is 5.14 Å². The van der Waals surface area contributed by atoms with E-state index in [2.05, 4.69) is 5.10 Å². The molecule has 0 amide bonds. The van der Waals surface area contributed by atoms with Crippen molar-refractivity contribution in [3.8, 4) is 16.9 Å². The zero-order valence-corrected chi connectivity index (χ0v) is 14.9. The zero-order valence-electron chi connectivity index (χ0n) is 13.2. The standard InChI is InChI=1S/C17H15N3O3S2/c1-24-13-6-2-11(3-7-13)16-10-15(17(21)22)19-20(16)12-4-8-14(9-5-12)25(18)23/h2-10H,18H2,1H3,(H,21,22). The molecule has 128 valence electrons. The van der Waals surface area contributed by atoms with Crippen molar-refractivity contribution in [1.82, 2.24) is 9.78 Å². The van der Waals surface area contributed by atoms with E-state index in [1.807, 2.05) is 30.5 Å². The van der Waals surface area contributed by atoms with Gasteiger partial charge in [0.05, 0.1) is 16.3 Å². The number of nitrogens with zero attached hydrogens (tertiary/aromatic N) is 2. The van der Waals surface area contributed by atoms with Crippen molar-refractivity contribution in [1.29, 1.82) is 0 Å². The molecular weight excluding hydrogens is 358 g/mol. The first-order chi connectivity index (χ1) is 12.0. The number of nitrogens with two attached hydrogens (primary N) is 1. The van der Waals surface area contributed by atoms with Crippen LogP contribution in [0.5, 0.6) is 0 Å². The summed E-state index contributed by atoms with van der Waals surface area (Å²) in [5.74, 6) is -1.10. The summed E-state index contributed by atoms with van der Waals surface area (Å²) < 4.78 is 12.9. The lowest BCUT2D eigenvalue weighted by Crippen LogP contribution is -2.05. The highest BCUT2D eigenvalue weighted by Crippen LogP contribution is 2.26. The van der Waals surface area contributed by atoms with E-state index in [9.17, 15) is 14.1 Å². The van der Waals surface area contributed by atoms with Gasteiger partial charge < -0.3 is 5.11 Å². The van der Waals surface area contributed by atoms with Gasteiger partial charge in [0.15, 0.2) is 5.69 Å². The number of aromatic nitrogens is 2. The molecule has 25 heavy (non-hydrogen) atoms. The first kappa shape index (κ1) is 17.4. The van der Waals surface area contributed by atoms with E-state index in [4.69, 9.17) is 5.14 Å². The van der Waals surface area contributed by atoms with E-state index in [-0.39, 0.29) is 5.69 Å². The molecule has 1 aromatic heterocycles. The first-order valence-electron chi connectivity index (χ1n) is 7.24. The van der Waals surface area contributed by atoms with Gasteiger partial charge in [-0.25, -0.2) is 18.8 Å². The molecule has 1 unspecified atom stereocenters. The minimum Gasteiger partial charge on any atom is -0.476 e. The van der Waals surface area contributed by atoms with Crippen LogP contribution in [0.25, 0.3) is 16.9 Å². The van der Waals surface area contributed by atoms with Crippen molar-refractivity contribution in [3.05, 3.63) is 60.3 Å². The van der Waals surface area contributed by atoms with Crippen molar-refractivity contribution >= 4 is 28.7 Å². The third-order valence-electron chi connectivity index (χ3n) is 3.63. The van der Waals surface area contributed by atoms with Gasteiger partial charge in [-0.15, -0.1) is 11.8 Å². The van der Waals surface area contributed by atoms with Gasteiger partial charge in [-0.1, -0.05) is 12.1 Å². The molecule has 1 atom stereocenters. The molecular formula is C17H15N3O3S2. The summed E-state index contributed by atoms with van der Waals surface area (Å²) >= 11 is 1.63. The predicted molar refractivity (Wildman–Crippen MR) is 98.3 cm³/mol. The molecule has 3 N–H and O–H groups in total. The second-order valence-corrected chi connectivity index (χ2v) is 7.10. The third-order valence-corrected chi connectivity index (χ3v) is 5.11. The van der Waals surface area contributed by atoms with Crippen LogP contribution in [-0.2, 0) is 11.0 Å². The highest BCUT2D eigenvalue weighted by molar-refractivity contribution is 7.98. The monoisotopic (exact) mass is 373 g/mol. The fourth-order valence-electron chi connectivity index (χ4n) is 2.37. The Hall–Kier alpha value is -2.42. The fraction of sp³-hybridized carbons (Fsp3) is 0.0588. The van der Waals surface area contributed by atoms with E-state index >= 15 is 0 Å². The second-order valence-electron chi connectivity index (χ2n) is 5.15. The Morgan fingerprint density at radius 2 is 1.80 bits per heavy atom. The fourth-order valence-corrected chi connectivity index (χ4v) is 3.18. The average molecular weight is 373 g/mol. The maximum atomic E-state index is 11.3. The SMILES string of the molecule is CSc1ccc(-c2cc(C(=O)O)nn2-c2ccc(S(N)=O)cc2)cc1. The lowest BCUT2D eigenvalue weighted by atomic mass is 10.1. The Labute approximate surface area is 151 Å². The molecule has 0 fully saturated rings. The van der Waals surface area contributed by atoms with Gasteiger partial charge in [0, 0.05) is 10.5 Å². The number of carbonyl (C=O) groups is 1. The minimum absolute atomic E-state index is 0.0459. The van der Waals surface area contributed by atoms with Crippen LogP contribution < -0.4 is 5.14 Å². The smallest absolute Gasteiger partial charge is 0.356 e. The number of rotatable bonds is 5. The Morgan fingerprint density at radius 3 is 2.32 bits per heavy atom. The molecule has 0 radical (unpaired) electrons. The van der Waals surface area contributed by atoms with Gasteiger partial charge in [-0.3, -0.25) is 0 Å². The van der Waals surface area contributed by atoms with Gasteiger partial charge in [-0.2, -0.15) is 5.10 Å². The third kappa shape index (κ3) is 3.65. The molecule has 8 heteroatoms. The van der Waals surface area contributed by atoms with Crippen LogP contribution in [0.2, 0.25) is 0 Å². The van der Waals surface area contributed by atoms with E-state index in [1.165, 1.54) is 6.07 Å². The summed E-state index contributed by atoms with van der Waals surface area (Å²) in [4.78, 5) is 12.9. The molecule has 0 aliphatic heterocycles. The van der Waals surface area contributed by atoms with Gasteiger partial charge in [0.1, 0.15) is 11.0 Å². The number of hydrogen-bond acceptors (Lipinski definition) is 4. The molecule has 1 heterocycles. The number of carboxylic acids is 1.